The Bertz CT molecular complexity index is 815. The highest BCUT2D eigenvalue weighted by molar-refractivity contribution is 5.90. The third-order valence-corrected chi connectivity index (χ3v) is 3.30. The molecule has 7 nitrogen and oxygen atoms in total. The zero-order chi connectivity index (χ0) is 16.8. The standard InChI is InChI=1S/C17H18N6O/c1-13-9-18-11-16(21-13)19-10-14-4-2-5-15(8-14)22-17(24)12-23-7-3-6-20-23/h2-9,11H,10,12H2,1H3,(H,19,21)(H,22,24). The van der Waals surface area contributed by atoms with Crippen LogP contribution in [-0.4, -0.2) is 25.7 Å². The van der Waals surface area contributed by atoms with Crippen molar-refractivity contribution in [1.82, 2.24) is 19.7 Å². The topological polar surface area (TPSA) is 84.7 Å². The van der Waals surface area contributed by atoms with Crippen molar-refractivity contribution in [3.8, 4) is 0 Å². The van der Waals surface area contributed by atoms with Gasteiger partial charge >= 0.3 is 0 Å². The van der Waals surface area contributed by atoms with Gasteiger partial charge in [0.1, 0.15) is 12.4 Å². The molecule has 0 unspecified atom stereocenters. The number of aromatic nitrogens is 4. The van der Waals surface area contributed by atoms with Crippen LogP contribution < -0.4 is 10.6 Å². The highest BCUT2D eigenvalue weighted by atomic mass is 16.2. The van der Waals surface area contributed by atoms with E-state index < -0.39 is 0 Å². The summed E-state index contributed by atoms with van der Waals surface area (Å²) in [5.41, 5.74) is 2.65. The number of amides is 1. The van der Waals surface area contributed by atoms with Crippen molar-refractivity contribution in [3.63, 3.8) is 0 Å². The fourth-order valence-electron chi connectivity index (χ4n) is 2.24. The second-order valence-electron chi connectivity index (χ2n) is 5.35. The largest absolute Gasteiger partial charge is 0.365 e. The summed E-state index contributed by atoms with van der Waals surface area (Å²) in [7, 11) is 0. The number of aryl methyl sites for hydroxylation is 1. The highest BCUT2D eigenvalue weighted by Gasteiger charge is 2.04. The molecule has 1 aromatic carbocycles. The fourth-order valence-corrected chi connectivity index (χ4v) is 2.24. The van der Waals surface area contributed by atoms with E-state index in [0.29, 0.717) is 6.54 Å². The van der Waals surface area contributed by atoms with Crippen LogP contribution in [0.15, 0.2) is 55.1 Å². The molecular weight excluding hydrogens is 304 g/mol. The molecule has 0 aliphatic rings. The van der Waals surface area contributed by atoms with Gasteiger partial charge in [0.05, 0.1) is 11.9 Å². The predicted octanol–water partition coefficient (Wildman–Crippen LogP) is 2.23. The van der Waals surface area contributed by atoms with Gasteiger partial charge in [-0.05, 0) is 30.7 Å². The summed E-state index contributed by atoms with van der Waals surface area (Å²) in [6.45, 7) is 2.68. The third kappa shape index (κ3) is 4.39. The van der Waals surface area contributed by atoms with Crippen LogP contribution in [0.4, 0.5) is 11.5 Å². The molecule has 0 saturated carbocycles. The number of benzene rings is 1. The zero-order valence-corrected chi connectivity index (χ0v) is 13.3. The third-order valence-electron chi connectivity index (χ3n) is 3.30. The Kier molecular flexibility index (Phi) is 4.81. The molecule has 2 N–H and O–H groups in total. The number of hydrogen-bond acceptors (Lipinski definition) is 5. The molecule has 24 heavy (non-hydrogen) atoms. The first-order valence-corrected chi connectivity index (χ1v) is 7.58. The summed E-state index contributed by atoms with van der Waals surface area (Å²) in [5, 5.41) is 10.1. The molecule has 0 aliphatic carbocycles. The number of carbonyl (C=O) groups is 1. The van der Waals surface area contributed by atoms with Crippen LogP contribution in [0, 0.1) is 6.92 Å². The van der Waals surface area contributed by atoms with E-state index in [0.717, 1.165) is 22.8 Å². The zero-order valence-electron chi connectivity index (χ0n) is 13.3. The van der Waals surface area contributed by atoms with Gasteiger partial charge in [0.25, 0.3) is 0 Å². The van der Waals surface area contributed by atoms with Crippen LogP contribution in [0.2, 0.25) is 0 Å². The molecule has 2 heterocycles. The van der Waals surface area contributed by atoms with E-state index in [1.165, 1.54) is 0 Å². The van der Waals surface area contributed by atoms with Crippen LogP contribution in [-0.2, 0) is 17.9 Å². The Labute approximate surface area is 139 Å². The first-order valence-electron chi connectivity index (χ1n) is 7.58. The van der Waals surface area contributed by atoms with Gasteiger partial charge < -0.3 is 10.6 Å². The summed E-state index contributed by atoms with van der Waals surface area (Å²) in [6, 6.07) is 9.46. The quantitative estimate of drug-likeness (QED) is 0.727. The minimum absolute atomic E-state index is 0.117. The lowest BCUT2D eigenvalue weighted by Crippen LogP contribution is -2.19. The van der Waals surface area contributed by atoms with Gasteiger partial charge in [0.2, 0.25) is 5.91 Å². The Balaban J connectivity index is 1.58. The monoisotopic (exact) mass is 322 g/mol. The molecule has 3 aromatic rings. The van der Waals surface area contributed by atoms with Crippen molar-refractivity contribution in [1.29, 1.82) is 0 Å². The molecule has 3 rings (SSSR count). The molecule has 0 saturated heterocycles. The van der Waals surface area contributed by atoms with Crippen LogP contribution in [0.3, 0.4) is 0 Å². The Hall–Kier alpha value is -3.22. The molecule has 0 fully saturated rings. The van der Waals surface area contributed by atoms with Crippen LogP contribution in [0.5, 0.6) is 0 Å². The second kappa shape index (κ2) is 7.36. The van der Waals surface area contributed by atoms with E-state index in [2.05, 4.69) is 25.7 Å². The Morgan fingerprint density at radius 2 is 2.17 bits per heavy atom. The van der Waals surface area contributed by atoms with E-state index in [-0.39, 0.29) is 12.5 Å². The lowest BCUT2D eigenvalue weighted by molar-refractivity contribution is -0.116. The van der Waals surface area contributed by atoms with Crippen molar-refractivity contribution in [2.75, 3.05) is 10.6 Å². The smallest absolute Gasteiger partial charge is 0.246 e. The highest BCUT2D eigenvalue weighted by Crippen LogP contribution is 2.12. The summed E-state index contributed by atoms with van der Waals surface area (Å²) >= 11 is 0. The SMILES string of the molecule is Cc1cncc(NCc2cccc(NC(=O)Cn3cccn3)c2)n1. The van der Waals surface area contributed by atoms with E-state index >= 15 is 0 Å². The molecule has 0 bridgehead atoms. The minimum Gasteiger partial charge on any atom is -0.365 e. The summed E-state index contributed by atoms with van der Waals surface area (Å²) in [6.07, 6.45) is 6.79. The van der Waals surface area contributed by atoms with Gasteiger partial charge in [-0.15, -0.1) is 0 Å². The van der Waals surface area contributed by atoms with Gasteiger partial charge in [-0.25, -0.2) is 4.98 Å². The van der Waals surface area contributed by atoms with Crippen molar-refractivity contribution >= 4 is 17.4 Å². The normalized spacial score (nSPS) is 10.4. The number of rotatable bonds is 6. The van der Waals surface area contributed by atoms with E-state index in [1.54, 1.807) is 35.5 Å². The summed E-state index contributed by atoms with van der Waals surface area (Å²) < 4.78 is 1.58. The number of hydrogen-bond donors (Lipinski definition) is 2. The molecule has 0 aliphatic heterocycles. The number of anilines is 2. The molecule has 0 radical (unpaired) electrons. The minimum atomic E-state index is -0.117. The summed E-state index contributed by atoms with van der Waals surface area (Å²) in [4.78, 5) is 20.4. The fraction of sp³-hybridized carbons (Fsp3) is 0.176. The van der Waals surface area contributed by atoms with Crippen molar-refractivity contribution in [2.24, 2.45) is 0 Å². The van der Waals surface area contributed by atoms with Gasteiger partial charge in [-0.3, -0.25) is 14.5 Å². The average Bonchev–Trinajstić information content (AvgIpc) is 3.06. The van der Waals surface area contributed by atoms with Crippen molar-refractivity contribution in [3.05, 3.63) is 66.4 Å². The summed E-state index contributed by atoms with van der Waals surface area (Å²) in [5.74, 6) is 0.608. The number of nitrogens with zero attached hydrogens (tertiary/aromatic N) is 4. The average molecular weight is 322 g/mol. The number of carbonyl (C=O) groups excluding carboxylic acids is 1. The molecule has 2 aromatic heterocycles. The van der Waals surface area contributed by atoms with E-state index in [1.807, 2.05) is 31.2 Å². The van der Waals surface area contributed by atoms with Gasteiger partial charge in [-0.2, -0.15) is 5.10 Å². The lowest BCUT2D eigenvalue weighted by Gasteiger charge is -2.09. The van der Waals surface area contributed by atoms with Crippen molar-refractivity contribution < 1.29 is 4.79 Å². The van der Waals surface area contributed by atoms with Crippen molar-refractivity contribution in [2.45, 2.75) is 20.0 Å². The van der Waals surface area contributed by atoms with Crippen LogP contribution in [0.25, 0.3) is 0 Å². The first kappa shape index (κ1) is 15.7. The molecular formula is C17H18N6O. The van der Waals surface area contributed by atoms with E-state index in [9.17, 15) is 4.79 Å². The number of nitrogens with one attached hydrogen (secondary N) is 2. The first-order chi connectivity index (χ1) is 11.7. The lowest BCUT2D eigenvalue weighted by atomic mass is 10.2. The predicted molar refractivity (Wildman–Crippen MR) is 91.4 cm³/mol. The maximum absolute atomic E-state index is 12.0. The van der Waals surface area contributed by atoms with Gasteiger partial charge in [0, 0.05) is 30.8 Å². The molecule has 1 amide bonds. The molecule has 0 spiro atoms. The maximum atomic E-state index is 12.0. The molecule has 122 valence electrons. The van der Waals surface area contributed by atoms with Crippen LogP contribution in [0.1, 0.15) is 11.3 Å². The van der Waals surface area contributed by atoms with Crippen LogP contribution >= 0.6 is 0 Å². The molecule has 7 heteroatoms. The second-order valence-corrected chi connectivity index (χ2v) is 5.35. The Morgan fingerprint density at radius 3 is 2.96 bits per heavy atom. The maximum Gasteiger partial charge on any atom is 0.246 e. The Morgan fingerprint density at radius 1 is 1.25 bits per heavy atom. The molecule has 0 atom stereocenters. The van der Waals surface area contributed by atoms with Gasteiger partial charge in [0.15, 0.2) is 0 Å². The van der Waals surface area contributed by atoms with Gasteiger partial charge in [-0.1, -0.05) is 12.1 Å². The van der Waals surface area contributed by atoms with E-state index in [4.69, 9.17) is 0 Å².